The van der Waals surface area contributed by atoms with Crippen LogP contribution in [-0.4, -0.2) is 198 Å². The zero-order chi connectivity index (χ0) is 81.6. The molecule has 0 atom stereocenters. The third-order valence-corrected chi connectivity index (χ3v) is 21.3. The Bertz CT molecular complexity index is 5770. The molecule has 10 N–H and O–H groups in total. The second-order valence-electron chi connectivity index (χ2n) is 27.4. The molecule has 614 valence electrons. The van der Waals surface area contributed by atoms with Crippen molar-refractivity contribution in [3.05, 3.63) is 196 Å². The highest BCUT2D eigenvalue weighted by Gasteiger charge is 2.33. The molecule has 13 aromatic rings. The summed E-state index contributed by atoms with van der Waals surface area (Å²) < 4.78 is 23.9. The number of ether oxygens (including phenoxy) is 3. The molecule has 4 aliphatic rings. The van der Waals surface area contributed by atoms with Crippen molar-refractivity contribution >= 4 is 119 Å². The van der Waals surface area contributed by atoms with Crippen molar-refractivity contribution < 1.29 is 24.1 Å². The number of para-hydroxylation sites is 8. The number of nitrogen functional groups attached to an aromatic ring is 1. The van der Waals surface area contributed by atoms with Crippen molar-refractivity contribution in [1.82, 2.24) is 92.9 Å². The first kappa shape index (κ1) is 84.2. The Morgan fingerprint density at radius 2 is 0.810 bits per heavy atom. The molecule has 4 aromatic carbocycles. The first-order chi connectivity index (χ1) is 55.6. The molecule has 0 amide bonds. The molecular formula is C76H97ClN28O11. The van der Waals surface area contributed by atoms with E-state index in [2.05, 4.69) is 95.9 Å². The fourth-order valence-corrected chi connectivity index (χ4v) is 15.1. The minimum absolute atomic E-state index is 0. The number of aryl methyl sites for hydroxylation is 2. The van der Waals surface area contributed by atoms with Gasteiger partial charge in [0, 0.05) is 120 Å². The van der Waals surface area contributed by atoms with Gasteiger partial charge in [-0.1, -0.05) is 67.6 Å². The van der Waals surface area contributed by atoms with Crippen LogP contribution >= 0.6 is 11.6 Å². The SMILES string of the molecule is C.CNc1ncnc(Cl)c1[N+](=O)[O-].CNc1ncnc(N2CCC(n3c(=O)[nH]c4ccccc43)CC2)c1N.CNc1ncnc(N2CCC(n3c(=O)[nH]c4ccccc43)CC2)c1[N+](=O)[O-].COC(C)(OC)OC.Cc1nc2c(N3CCC(n4c(=O)[nH]c5ccccc54)CC3)ncnc2n1C.O=c1[nH]c2ccccc2n1C1CCNCC1. The number of piperidine rings is 4. The molecule has 0 unspecified atom stereocenters. The van der Waals surface area contributed by atoms with Gasteiger partial charge < -0.3 is 80.4 Å². The van der Waals surface area contributed by atoms with Crippen molar-refractivity contribution in [1.29, 1.82) is 0 Å². The van der Waals surface area contributed by atoms with Crippen LogP contribution in [0, 0.1) is 27.2 Å². The fourth-order valence-electron chi connectivity index (χ4n) is 14.9. The van der Waals surface area contributed by atoms with E-state index in [1.54, 1.807) is 31.9 Å². The van der Waals surface area contributed by atoms with Crippen LogP contribution in [0.15, 0.2) is 142 Å². The number of nitro groups is 2. The van der Waals surface area contributed by atoms with Crippen LogP contribution in [0.5, 0.6) is 0 Å². The normalized spacial score (nSPS) is 14.9. The van der Waals surface area contributed by atoms with E-state index in [4.69, 9.17) is 31.5 Å². The Hall–Kier alpha value is -12.7. The number of anilines is 7. The minimum Gasteiger partial charge on any atom is -0.393 e. The molecule has 13 heterocycles. The van der Waals surface area contributed by atoms with E-state index in [1.165, 1.54) is 41.0 Å². The molecule has 4 saturated heterocycles. The summed E-state index contributed by atoms with van der Waals surface area (Å²) >= 11 is 5.47. The maximum Gasteiger partial charge on any atom is 0.353 e. The molecule has 0 spiro atoms. The average molecular weight is 1610 g/mol. The molecule has 4 fully saturated rings. The van der Waals surface area contributed by atoms with Gasteiger partial charge in [0.15, 0.2) is 28.6 Å². The largest absolute Gasteiger partial charge is 0.393 e. The number of aromatic nitrogens is 18. The summed E-state index contributed by atoms with van der Waals surface area (Å²) in [5.74, 6) is 2.94. The van der Waals surface area contributed by atoms with Crippen molar-refractivity contribution in [3.63, 3.8) is 0 Å². The number of imidazole rings is 5. The van der Waals surface area contributed by atoms with Gasteiger partial charge in [0.1, 0.15) is 36.8 Å². The first-order valence-corrected chi connectivity index (χ1v) is 37.8. The number of halogens is 1. The molecule has 116 heavy (non-hydrogen) atoms. The van der Waals surface area contributed by atoms with Gasteiger partial charge in [0.2, 0.25) is 22.6 Å². The fraction of sp³-hybridized carbons (Fsp3) is 0.408. The lowest BCUT2D eigenvalue weighted by atomic mass is 10.0. The van der Waals surface area contributed by atoms with Crippen LogP contribution in [0.2, 0.25) is 5.15 Å². The van der Waals surface area contributed by atoms with Gasteiger partial charge in [-0.3, -0.25) is 38.5 Å². The zero-order valence-electron chi connectivity index (χ0n) is 65.1. The number of benzene rings is 4. The molecule has 0 bridgehead atoms. The Morgan fingerprint density at radius 1 is 0.483 bits per heavy atom. The summed E-state index contributed by atoms with van der Waals surface area (Å²) in [6.07, 6.45) is 12.5. The van der Waals surface area contributed by atoms with Crippen molar-refractivity contribution in [3.8, 4) is 0 Å². The van der Waals surface area contributed by atoms with Crippen LogP contribution in [0.4, 0.5) is 52.0 Å². The lowest BCUT2D eigenvalue weighted by Crippen LogP contribution is -2.37. The zero-order valence-corrected chi connectivity index (χ0v) is 65.9. The minimum atomic E-state index is -0.875. The van der Waals surface area contributed by atoms with Gasteiger partial charge in [0.05, 0.1) is 54.0 Å². The van der Waals surface area contributed by atoms with Crippen LogP contribution in [0.3, 0.4) is 0 Å². The van der Waals surface area contributed by atoms with E-state index in [0.717, 1.165) is 157 Å². The Morgan fingerprint density at radius 3 is 1.18 bits per heavy atom. The van der Waals surface area contributed by atoms with Crippen molar-refractivity contribution in [2.24, 2.45) is 7.05 Å². The van der Waals surface area contributed by atoms with Gasteiger partial charge in [0.25, 0.3) is 5.97 Å². The maximum atomic E-state index is 12.5. The van der Waals surface area contributed by atoms with E-state index in [-0.39, 0.29) is 76.5 Å². The van der Waals surface area contributed by atoms with Crippen LogP contribution in [0.1, 0.15) is 95.7 Å². The summed E-state index contributed by atoms with van der Waals surface area (Å²) in [4.78, 5) is 125. The highest BCUT2D eigenvalue weighted by Crippen LogP contribution is 2.37. The summed E-state index contributed by atoms with van der Waals surface area (Å²) in [6, 6.07) is 31.9. The van der Waals surface area contributed by atoms with Crippen LogP contribution in [-0.2, 0) is 21.3 Å². The first-order valence-electron chi connectivity index (χ1n) is 37.4. The number of aromatic amines is 4. The third kappa shape index (κ3) is 18.2. The number of H-pyrrole nitrogens is 4. The van der Waals surface area contributed by atoms with Crippen molar-refractivity contribution in [2.75, 3.05) is 131 Å². The van der Waals surface area contributed by atoms with E-state index in [1.807, 2.05) is 134 Å². The summed E-state index contributed by atoms with van der Waals surface area (Å²) in [5.41, 5.74) is 15.2. The highest BCUT2D eigenvalue weighted by atomic mass is 35.5. The Kier molecular flexibility index (Phi) is 27.5. The monoisotopic (exact) mass is 1610 g/mol. The number of methoxy groups -OCH3 is 3. The summed E-state index contributed by atoms with van der Waals surface area (Å²) in [6.45, 7) is 10.0. The maximum absolute atomic E-state index is 12.5. The predicted molar refractivity (Wildman–Crippen MR) is 447 cm³/mol. The molecule has 39 nitrogen and oxygen atoms in total. The molecule has 0 saturated carbocycles. The van der Waals surface area contributed by atoms with Crippen molar-refractivity contribution in [2.45, 2.75) is 103 Å². The number of nitrogens with one attached hydrogen (secondary N) is 8. The van der Waals surface area contributed by atoms with Gasteiger partial charge in [-0.15, -0.1) is 0 Å². The highest BCUT2D eigenvalue weighted by molar-refractivity contribution is 6.31. The van der Waals surface area contributed by atoms with Gasteiger partial charge in [-0.05, 0) is 120 Å². The summed E-state index contributed by atoms with van der Waals surface area (Å²) in [7, 11) is 11.4. The van der Waals surface area contributed by atoms with E-state index in [9.17, 15) is 39.4 Å². The van der Waals surface area contributed by atoms with Crippen LogP contribution in [0.25, 0.3) is 55.3 Å². The molecule has 9 aromatic heterocycles. The molecule has 40 heteroatoms. The number of nitrogens with zero attached hydrogens (tertiary/aromatic N) is 19. The van der Waals surface area contributed by atoms with Gasteiger partial charge >= 0.3 is 34.1 Å². The standard InChI is InChI=1S/C19H21N7O.C17H19N7O3.C17H21N7O.C12H15N3O.C5H5ClN4O2.C5H12O3.CH4/c1-12-22-16-17(24(12)2)20-11-21-18(16)25-9-7-13(8-10-25)26-15-6-4-3-5-14(15)23-19(26)27;1-18-15-14(24(26)27)16(20-10-19-15)22-8-6-11(7-9-22)23-13-5-3-2-4-12(13)21-17(23)25;1-19-15-14(18)16(21-10-20-15)23-8-6-11(7-9-23)24-13-5-3-2-4-12(13)22-17(24)25;16-12-14-10-3-1-2-4-11(10)15(12)9-5-7-13-8-6-9;1-7-5-3(10(11)12)4(6)8-2-9-5;1-5(6-2,7-3)8-4;/h3-6,11,13H,7-10H2,1-2H3,(H,23,27);2-5,10-11H,6-9H2,1H3,(H,21,25)(H,18,19,20);2-5,10-11H,6-9,18H2,1H3,(H,22,25)(H,19,20,21);1-4,9,13H,5-8H2,(H,14,16);2H,1H3,(H,7,8,9);1-4H3;1H4. The number of rotatable bonds is 15. The molecule has 0 radical (unpaired) electrons. The number of hydrogen-bond donors (Lipinski definition) is 9. The number of hydrogen-bond acceptors (Lipinski definition) is 28. The Labute approximate surface area is 669 Å². The third-order valence-electron chi connectivity index (χ3n) is 21.0. The molecule has 0 aliphatic carbocycles. The Balaban J connectivity index is 0.000000142. The van der Waals surface area contributed by atoms with E-state index < -0.39 is 15.8 Å². The molecule has 4 aliphatic heterocycles. The van der Waals surface area contributed by atoms with Gasteiger partial charge in [-0.25, -0.2) is 64.0 Å². The van der Waals surface area contributed by atoms with Gasteiger partial charge in [-0.2, -0.15) is 0 Å². The quantitative estimate of drug-likeness (QED) is 0.0200. The number of nitrogens with two attached hydrogens (primary N) is 1. The second-order valence-corrected chi connectivity index (χ2v) is 27.8. The molecule has 17 rings (SSSR count). The average Bonchev–Trinajstić information content (AvgIpc) is 1.65. The lowest BCUT2D eigenvalue weighted by Gasteiger charge is -2.33. The summed E-state index contributed by atoms with van der Waals surface area (Å²) in [5, 5.41) is 33.3. The number of fused-ring (bicyclic) bond motifs is 5. The van der Waals surface area contributed by atoms with Crippen LogP contribution < -0.4 is 64.5 Å². The topological polar surface area (TPSA) is 470 Å². The van der Waals surface area contributed by atoms with E-state index in [0.29, 0.717) is 49.3 Å². The predicted octanol–water partition coefficient (Wildman–Crippen LogP) is 9.22. The molecular weight excluding hydrogens is 1520 g/mol. The smallest absolute Gasteiger partial charge is 0.353 e. The second kappa shape index (κ2) is 37.9. The lowest BCUT2D eigenvalue weighted by molar-refractivity contribution is -0.384. The van der Waals surface area contributed by atoms with E-state index >= 15 is 0 Å².